The quantitative estimate of drug-likeness (QED) is 0.399. The first kappa shape index (κ1) is 19.9. The molecule has 0 spiro atoms. The highest BCUT2D eigenvalue weighted by molar-refractivity contribution is 7.87. The monoisotopic (exact) mass is 371 g/mol. The molecule has 1 aliphatic rings. The molecule has 1 N–H and O–H groups in total. The number of nitrogens with zero attached hydrogens (tertiary/aromatic N) is 1. The normalized spacial score (nSPS) is 22.6. The van der Waals surface area contributed by atoms with E-state index in [0.29, 0.717) is 10.7 Å². The summed E-state index contributed by atoms with van der Waals surface area (Å²) < 4.78 is 114. The lowest BCUT2D eigenvalue weighted by Gasteiger charge is -2.35. The van der Waals surface area contributed by atoms with E-state index in [-0.39, 0.29) is 6.54 Å². The number of halogens is 6. The topological polar surface area (TPSA) is 73.9 Å². The zero-order valence-corrected chi connectivity index (χ0v) is 12.6. The van der Waals surface area contributed by atoms with Crippen LogP contribution < -0.4 is 4.90 Å². The fourth-order valence-electron chi connectivity index (χ4n) is 1.76. The average molecular weight is 371 g/mol. The van der Waals surface area contributed by atoms with E-state index in [1.165, 1.54) is 6.20 Å². The number of rotatable bonds is 6. The van der Waals surface area contributed by atoms with E-state index in [1.54, 1.807) is 24.7 Å². The predicted molar refractivity (Wildman–Crippen MR) is 62.3 cm³/mol. The summed E-state index contributed by atoms with van der Waals surface area (Å²) in [7, 11) is -5.48. The highest BCUT2D eigenvalue weighted by Gasteiger charge is 2.77. The number of hydrogen-bond donors (Lipinski definition) is 1. The maximum absolute atomic E-state index is 13.5. The summed E-state index contributed by atoms with van der Waals surface area (Å²) in [6.45, 7) is 0.120. The van der Waals surface area contributed by atoms with Gasteiger partial charge in [0.2, 0.25) is 6.20 Å². The standard InChI is InChI=1S/C10H12F6N2O4S/c1-7-17(2)3-4-18(7)5-6-22-10(15,16)8(11,9(12,13)14)23(19,20)21/h3-4H,5-6H2,1-2H3/p+1. The second kappa shape index (κ2) is 6.03. The van der Waals surface area contributed by atoms with Gasteiger partial charge in [-0.3, -0.25) is 0 Å². The van der Waals surface area contributed by atoms with Gasteiger partial charge >= 0.3 is 23.1 Å². The first-order chi connectivity index (χ1) is 10.1. The maximum Gasteiger partial charge on any atom is 0.445 e. The molecule has 2 atom stereocenters. The van der Waals surface area contributed by atoms with Crippen molar-refractivity contribution in [3.8, 4) is 0 Å². The second-order valence-electron chi connectivity index (χ2n) is 4.70. The third-order valence-corrected chi connectivity index (χ3v) is 4.39. The molecule has 134 valence electrons. The fraction of sp³-hybridized carbons (Fsp3) is 0.700. The Balaban J connectivity index is 2.91. The van der Waals surface area contributed by atoms with Crippen molar-refractivity contribution >= 4 is 16.0 Å². The van der Waals surface area contributed by atoms with Crippen LogP contribution in [-0.2, 0) is 14.9 Å². The van der Waals surface area contributed by atoms with Gasteiger partial charge in [-0.05, 0) is 0 Å². The molecule has 0 saturated heterocycles. The van der Waals surface area contributed by atoms with Crippen molar-refractivity contribution in [2.24, 2.45) is 0 Å². The summed E-state index contributed by atoms with van der Waals surface area (Å²) in [5.74, 6) is 0.593. The number of ether oxygens (including phenoxy) is 1. The van der Waals surface area contributed by atoms with Gasteiger partial charge in [0.05, 0.1) is 6.92 Å². The summed E-state index contributed by atoms with van der Waals surface area (Å²) in [5.41, 5.74) is 0. The van der Waals surface area contributed by atoms with Gasteiger partial charge in [0, 0.05) is 0 Å². The van der Waals surface area contributed by atoms with Gasteiger partial charge in [0.1, 0.15) is 30.3 Å². The third-order valence-electron chi connectivity index (χ3n) is 3.23. The molecule has 0 aromatic carbocycles. The van der Waals surface area contributed by atoms with Crippen LogP contribution in [0.3, 0.4) is 0 Å². The van der Waals surface area contributed by atoms with E-state index in [0.717, 1.165) is 0 Å². The smallest absolute Gasteiger partial charge is 0.445 e. The van der Waals surface area contributed by atoms with Crippen LogP contribution in [0.15, 0.2) is 12.4 Å². The molecule has 1 rings (SSSR count). The lowest BCUT2D eigenvalue weighted by Crippen LogP contribution is -3.10. The average Bonchev–Trinajstić information content (AvgIpc) is 2.66. The van der Waals surface area contributed by atoms with Crippen LogP contribution in [0.25, 0.3) is 0 Å². The molecule has 1 heterocycles. The minimum atomic E-state index is -7.10. The van der Waals surface area contributed by atoms with E-state index >= 15 is 0 Å². The van der Waals surface area contributed by atoms with Crippen LogP contribution >= 0.6 is 0 Å². The summed E-state index contributed by atoms with van der Waals surface area (Å²) >= 11 is 0. The lowest BCUT2D eigenvalue weighted by atomic mass is 10.3. The van der Waals surface area contributed by atoms with Crippen molar-refractivity contribution < 1.29 is 53.5 Å². The van der Waals surface area contributed by atoms with E-state index in [9.17, 15) is 39.3 Å². The molecular weight excluding hydrogens is 358 g/mol. The summed E-state index contributed by atoms with van der Waals surface area (Å²) in [4.78, 5) is 0.421. The molecule has 0 bridgehead atoms. The summed E-state index contributed by atoms with van der Waals surface area (Å²) in [6.07, 6.45) is -9.55. The molecule has 0 radical (unpaired) electrons. The van der Waals surface area contributed by atoms with Crippen molar-refractivity contribution in [2.75, 3.05) is 20.2 Å². The second-order valence-corrected chi connectivity index (χ2v) is 6.17. The number of amidine groups is 1. The molecule has 1 aliphatic heterocycles. The molecule has 0 aromatic heterocycles. The highest BCUT2D eigenvalue weighted by atomic mass is 32.2. The highest BCUT2D eigenvalue weighted by Crippen LogP contribution is 2.48. The summed E-state index contributed by atoms with van der Waals surface area (Å²) in [5, 5.41) is -6.38. The number of hydrogen-bond acceptors (Lipinski definition) is 4. The molecular formula is C10H13F6N2O4S+. The Morgan fingerprint density at radius 3 is 2.13 bits per heavy atom. The van der Waals surface area contributed by atoms with Gasteiger partial charge in [-0.25, -0.2) is 17.7 Å². The van der Waals surface area contributed by atoms with Crippen molar-refractivity contribution in [1.29, 1.82) is 0 Å². The Morgan fingerprint density at radius 2 is 1.78 bits per heavy atom. The van der Waals surface area contributed by atoms with Crippen LogP contribution in [0.4, 0.5) is 26.3 Å². The Kier molecular flexibility index (Phi) is 5.21. The Hall–Kier alpha value is -1.18. The lowest BCUT2D eigenvalue weighted by molar-refractivity contribution is -0.760. The SMILES string of the molecule is CC1=[N+](C)C=C[NH+]1CCOC(F)(F)C(F)(C(F)(F)F)S(=O)(=O)[O-]. The minimum Gasteiger partial charge on any atom is -0.745 e. The molecule has 0 aromatic rings. The fourth-order valence-corrected chi connectivity index (χ4v) is 2.39. The maximum atomic E-state index is 13.5. The van der Waals surface area contributed by atoms with Crippen LogP contribution in [0.5, 0.6) is 0 Å². The molecule has 13 heteroatoms. The Labute approximate surface area is 127 Å². The zero-order chi connectivity index (χ0) is 18.3. The van der Waals surface area contributed by atoms with Crippen LogP contribution in [0, 0.1) is 0 Å². The van der Waals surface area contributed by atoms with Crippen molar-refractivity contribution in [2.45, 2.75) is 24.2 Å². The molecule has 0 fully saturated rings. The molecule has 6 nitrogen and oxygen atoms in total. The van der Waals surface area contributed by atoms with Crippen molar-refractivity contribution in [3.63, 3.8) is 0 Å². The Bertz CT molecular complexity index is 630. The Morgan fingerprint density at radius 1 is 1.26 bits per heavy atom. The third kappa shape index (κ3) is 3.51. The van der Waals surface area contributed by atoms with Gasteiger partial charge in [0.15, 0.2) is 6.20 Å². The van der Waals surface area contributed by atoms with E-state index < -0.39 is 34.0 Å². The first-order valence-corrected chi connectivity index (χ1v) is 7.39. The predicted octanol–water partition coefficient (Wildman–Crippen LogP) is -0.200. The van der Waals surface area contributed by atoms with Crippen molar-refractivity contribution in [3.05, 3.63) is 12.4 Å². The van der Waals surface area contributed by atoms with Gasteiger partial charge < -0.3 is 9.29 Å². The first-order valence-electron chi connectivity index (χ1n) is 5.99. The molecule has 2 unspecified atom stereocenters. The van der Waals surface area contributed by atoms with Gasteiger partial charge in [-0.2, -0.15) is 26.5 Å². The van der Waals surface area contributed by atoms with Crippen LogP contribution in [0.1, 0.15) is 6.92 Å². The van der Waals surface area contributed by atoms with E-state index in [2.05, 4.69) is 4.74 Å². The van der Waals surface area contributed by atoms with E-state index in [4.69, 9.17) is 0 Å². The molecule has 0 amide bonds. The number of quaternary nitrogens is 1. The van der Waals surface area contributed by atoms with Crippen molar-refractivity contribution in [1.82, 2.24) is 0 Å². The van der Waals surface area contributed by atoms with Gasteiger partial charge in [0.25, 0.3) is 0 Å². The largest absolute Gasteiger partial charge is 0.745 e. The molecule has 0 aliphatic carbocycles. The van der Waals surface area contributed by atoms with Crippen LogP contribution in [-0.4, -0.2) is 60.9 Å². The van der Waals surface area contributed by atoms with Gasteiger partial charge in [-0.15, -0.1) is 0 Å². The number of nitrogens with one attached hydrogen (secondary N) is 1. The molecule has 23 heavy (non-hydrogen) atoms. The minimum absolute atomic E-state index is 0.338. The molecule has 0 saturated carbocycles. The summed E-state index contributed by atoms with van der Waals surface area (Å²) in [6, 6.07) is 0. The van der Waals surface area contributed by atoms with E-state index in [1.807, 2.05) is 0 Å². The van der Waals surface area contributed by atoms with Gasteiger partial charge in [-0.1, -0.05) is 0 Å². The zero-order valence-electron chi connectivity index (χ0n) is 11.8. The number of alkyl halides is 6. The van der Waals surface area contributed by atoms with Crippen LogP contribution in [0.2, 0.25) is 0 Å².